The molecule has 3 aromatic rings. The molecule has 1 N–H and O–H groups in total. The Morgan fingerprint density at radius 2 is 1.90 bits per heavy atom. The lowest BCUT2D eigenvalue weighted by Gasteiger charge is -2.26. The number of anilines is 2. The Bertz CT molecular complexity index is 1150. The first-order chi connectivity index (χ1) is 15.0. The van der Waals surface area contributed by atoms with Crippen molar-refractivity contribution in [2.75, 3.05) is 16.0 Å². The minimum Gasteiger partial charge on any atom is -0.322 e. The van der Waals surface area contributed by atoms with Crippen molar-refractivity contribution in [3.63, 3.8) is 0 Å². The van der Waals surface area contributed by atoms with Gasteiger partial charge in [-0.2, -0.15) is 0 Å². The number of amides is 2. The number of nitrogens with zero attached hydrogens (tertiary/aromatic N) is 1. The molecule has 4 nitrogen and oxygen atoms in total. The first-order valence-corrected chi connectivity index (χ1v) is 11.7. The highest BCUT2D eigenvalue weighted by Gasteiger charge is 2.35. The second-order valence-electron chi connectivity index (χ2n) is 7.11. The van der Waals surface area contributed by atoms with E-state index in [-0.39, 0.29) is 17.2 Å². The van der Waals surface area contributed by atoms with Crippen molar-refractivity contribution in [1.82, 2.24) is 0 Å². The molecule has 0 spiro atoms. The first-order valence-electron chi connectivity index (χ1n) is 9.86. The molecule has 0 bridgehead atoms. The van der Waals surface area contributed by atoms with Crippen LogP contribution < -0.4 is 10.2 Å². The first kappa shape index (κ1) is 21.8. The van der Waals surface area contributed by atoms with Gasteiger partial charge in [-0.05, 0) is 53.9 Å². The number of carbonyl (C=O) groups excluding carboxylic acids is 2. The molecule has 31 heavy (non-hydrogen) atoms. The lowest BCUT2D eigenvalue weighted by Crippen LogP contribution is -2.28. The maximum Gasteiger partial charge on any atom is 0.257 e. The number of aryl methyl sites for hydroxylation is 1. The van der Waals surface area contributed by atoms with Crippen molar-refractivity contribution >= 4 is 58.2 Å². The number of thioether (sulfide) groups is 1. The summed E-state index contributed by atoms with van der Waals surface area (Å²) in [5, 5.41) is 3.50. The fraction of sp³-hybridized carbons (Fsp3) is 0.167. The summed E-state index contributed by atoms with van der Waals surface area (Å²) in [4.78, 5) is 27.3. The second kappa shape index (κ2) is 9.35. The molecule has 1 saturated heterocycles. The van der Waals surface area contributed by atoms with Crippen LogP contribution in [0.2, 0.25) is 10.0 Å². The molecule has 0 aromatic heterocycles. The van der Waals surface area contributed by atoms with Crippen LogP contribution in [0.1, 0.15) is 33.8 Å². The molecule has 1 heterocycles. The van der Waals surface area contributed by atoms with Gasteiger partial charge in [0.2, 0.25) is 5.91 Å². The van der Waals surface area contributed by atoms with Gasteiger partial charge in [0, 0.05) is 16.4 Å². The topological polar surface area (TPSA) is 49.4 Å². The van der Waals surface area contributed by atoms with Crippen LogP contribution in [0.25, 0.3) is 0 Å². The zero-order chi connectivity index (χ0) is 22.0. The van der Waals surface area contributed by atoms with E-state index in [1.807, 2.05) is 47.4 Å². The van der Waals surface area contributed by atoms with Crippen LogP contribution in [0, 0.1) is 0 Å². The monoisotopic (exact) mass is 470 g/mol. The summed E-state index contributed by atoms with van der Waals surface area (Å²) in [6.07, 6.45) is 0.843. The number of benzene rings is 3. The number of rotatable bonds is 5. The van der Waals surface area contributed by atoms with Crippen molar-refractivity contribution in [1.29, 1.82) is 0 Å². The Balaban J connectivity index is 1.61. The van der Waals surface area contributed by atoms with E-state index >= 15 is 0 Å². The zero-order valence-corrected chi connectivity index (χ0v) is 19.1. The van der Waals surface area contributed by atoms with Crippen LogP contribution in [-0.4, -0.2) is 17.6 Å². The smallest absolute Gasteiger partial charge is 0.257 e. The van der Waals surface area contributed by atoms with Gasteiger partial charge < -0.3 is 5.32 Å². The minimum atomic E-state index is -0.317. The van der Waals surface area contributed by atoms with E-state index in [9.17, 15) is 9.59 Å². The summed E-state index contributed by atoms with van der Waals surface area (Å²) >= 11 is 13.7. The van der Waals surface area contributed by atoms with Gasteiger partial charge in [0.05, 0.1) is 16.3 Å². The van der Waals surface area contributed by atoms with Gasteiger partial charge in [0.15, 0.2) is 0 Å². The average molecular weight is 471 g/mol. The van der Waals surface area contributed by atoms with Crippen molar-refractivity contribution in [3.05, 3.63) is 93.5 Å². The van der Waals surface area contributed by atoms with E-state index in [2.05, 4.69) is 18.3 Å². The molecule has 1 aliphatic rings. The number of hydrogen-bond donors (Lipinski definition) is 1. The summed E-state index contributed by atoms with van der Waals surface area (Å²) < 4.78 is 0. The van der Waals surface area contributed by atoms with E-state index < -0.39 is 0 Å². The molecule has 4 rings (SSSR count). The summed E-state index contributed by atoms with van der Waals surface area (Å²) in [7, 11) is 0. The Kier molecular flexibility index (Phi) is 6.56. The van der Waals surface area contributed by atoms with Crippen LogP contribution in [0.4, 0.5) is 11.4 Å². The van der Waals surface area contributed by atoms with E-state index in [1.54, 1.807) is 23.9 Å². The molecule has 1 aliphatic heterocycles. The lowest BCUT2D eigenvalue weighted by molar-refractivity contribution is -0.115. The summed E-state index contributed by atoms with van der Waals surface area (Å²) in [6.45, 7) is 2.08. The number of carbonyl (C=O) groups is 2. The third-order valence-corrected chi connectivity index (χ3v) is 6.87. The Hall–Kier alpha value is -2.47. The summed E-state index contributed by atoms with van der Waals surface area (Å²) in [6, 6.07) is 20.3. The van der Waals surface area contributed by atoms with Crippen LogP contribution in [0.15, 0.2) is 66.7 Å². The van der Waals surface area contributed by atoms with Crippen LogP contribution in [0.3, 0.4) is 0 Å². The van der Waals surface area contributed by atoms with Crippen molar-refractivity contribution in [3.8, 4) is 0 Å². The van der Waals surface area contributed by atoms with Crippen LogP contribution in [0.5, 0.6) is 0 Å². The van der Waals surface area contributed by atoms with Crippen molar-refractivity contribution in [2.45, 2.75) is 18.7 Å². The quantitative estimate of drug-likeness (QED) is 0.457. The van der Waals surface area contributed by atoms with Gasteiger partial charge in [-0.3, -0.25) is 14.5 Å². The number of halogens is 2. The Morgan fingerprint density at radius 3 is 2.68 bits per heavy atom. The number of nitrogens with one attached hydrogen (secondary N) is 1. The third-order valence-electron chi connectivity index (χ3n) is 5.11. The normalized spacial score (nSPS) is 15.9. The maximum atomic E-state index is 12.7. The van der Waals surface area contributed by atoms with E-state index in [0.717, 1.165) is 23.2 Å². The van der Waals surface area contributed by atoms with Gasteiger partial charge in [-0.25, -0.2) is 0 Å². The molecule has 3 aromatic carbocycles. The van der Waals surface area contributed by atoms with Crippen molar-refractivity contribution in [2.24, 2.45) is 0 Å². The molecule has 0 aliphatic carbocycles. The molecule has 7 heteroatoms. The van der Waals surface area contributed by atoms with E-state index in [1.165, 1.54) is 6.07 Å². The minimum absolute atomic E-state index is 0.0817. The summed E-state index contributed by atoms with van der Waals surface area (Å²) in [5.74, 6) is 0.181. The highest BCUT2D eigenvalue weighted by atomic mass is 35.5. The Morgan fingerprint density at radius 1 is 1.10 bits per heavy atom. The molecule has 1 fully saturated rings. The number of para-hydroxylation sites is 1. The zero-order valence-electron chi connectivity index (χ0n) is 16.8. The molecule has 0 saturated carbocycles. The fourth-order valence-electron chi connectivity index (χ4n) is 3.62. The van der Waals surface area contributed by atoms with E-state index in [0.29, 0.717) is 27.0 Å². The molecule has 2 amide bonds. The fourth-order valence-corrected chi connectivity index (χ4v) is 5.27. The summed E-state index contributed by atoms with van der Waals surface area (Å²) in [5.41, 5.74) is 4.00. The van der Waals surface area contributed by atoms with Crippen molar-refractivity contribution < 1.29 is 9.59 Å². The number of hydrogen-bond acceptors (Lipinski definition) is 3. The third kappa shape index (κ3) is 4.59. The lowest BCUT2D eigenvalue weighted by atomic mass is 10.1. The predicted octanol–water partition coefficient (Wildman–Crippen LogP) is 6.59. The molecule has 158 valence electrons. The van der Waals surface area contributed by atoms with Gasteiger partial charge in [0.25, 0.3) is 5.91 Å². The molecular weight excluding hydrogens is 451 g/mol. The highest BCUT2D eigenvalue weighted by molar-refractivity contribution is 8.00. The Labute approximate surface area is 195 Å². The maximum absolute atomic E-state index is 12.7. The van der Waals surface area contributed by atoms with Gasteiger partial charge >= 0.3 is 0 Å². The average Bonchev–Trinajstić information content (AvgIpc) is 3.15. The van der Waals surface area contributed by atoms with Crippen LogP contribution in [-0.2, 0) is 11.2 Å². The molecule has 1 unspecified atom stereocenters. The molecular formula is C24H20Cl2N2O2S. The molecule has 0 radical (unpaired) electrons. The largest absolute Gasteiger partial charge is 0.322 e. The standard InChI is InChI=1S/C24H20Cl2N2O2S/c1-2-15-6-3-4-9-21(15)28-22(29)14-31-24(28)16-7-5-8-18(12-16)27-23(30)19-11-10-17(25)13-20(19)26/h3-13,24H,2,14H2,1H3,(H,27,30). The van der Waals surface area contributed by atoms with Gasteiger partial charge in [0.1, 0.15) is 5.37 Å². The highest BCUT2D eigenvalue weighted by Crippen LogP contribution is 2.43. The van der Waals surface area contributed by atoms with E-state index in [4.69, 9.17) is 23.2 Å². The predicted molar refractivity (Wildman–Crippen MR) is 129 cm³/mol. The van der Waals surface area contributed by atoms with Gasteiger partial charge in [-0.15, -0.1) is 11.8 Å². The SMILES string of the molecule is CCc1ccccc1N1C(=O)CSC1c1cccc(NC(=O)c2ccc(Cl)cc2Cl)c1. The molecule has 1 atom stereocenters. The van der Waals surface area contributed by atoms with Gasteiger partial charge in [-0.1, -0.05) is 60.5 Å². The second-order valence-corrected chi connectivity index (χ2v) is 9.03. The van der Waals surface area contributed by atoms with Crippen LogP contribution >= 0.6 is 35.0 Å².